The molecule has 0 fully saturated rings. The molecular formula is C15H21N3O. The molecule has 4 nitrogen and oxygen atoms in total. The SMILES string of the molecule is COc1ccc(C)cc1-n1nc(CC(C)C)cc1N. The Morgan fingerprint density at radius 2 is 2.05 bits per heavy atom. The van der Waals surface area contributed by atoms with E-state index in [-0.39, 0.29) is 0 Å². The van der Waals surface area contributed by atoms with Crippen LogP contribution in [0, 0.1) is 12.8 Å². The van der Waals surface area contributed by atoms with Crippen molar-refractivity contribution in [3.05, 3.63) is 35.5 Å². The molecule has 1 aromatic heterocycles. The smallest absolute Gasteiger partial charge is 0.144 e. The first-order chi connectivity index (χ1) is 9.01. The molecule has 2 N–H and O–H groups in total. The first kappa shape index (κ1) is 13.5. The highest BCUT2D eigenvalue weighted by Gasteiger charge is 2.12. The van der Waals surface area contributed by atoms with E-state index >= 15 is 0 Å². The highest BCUT2D eigenvalue weighted by molar-refractivity contribution is 5.53. The van der Waals surface area contributed by atoms with E-state index in [4.69, 9.17) is 10.5 Å². The number of anilines is 1. The van der Waals surface area contributed by atoms with Gasteiger partial charge in [-0.1, -0.05) is 19.9 Å². The van der Waals surface area contributed by atoms with Crippen LogP contribution in [0.5, 0.6) is 5.75 Å². The van der Waals surface area contributed by atoms with Crippen molar-refractivity contribution in [2.24, 2.45) is 5.92 Å². The van der Waals surface area contributed by atoms with Gasteiger partial charge in [-0.2, -0.15) is 5.10 Å². The summed E-state index contributed by atoms with van der Waals surface area (Å²) in [6, 6.07) is 7.91. The van der Waals surface area contributed by atoms with Crippen LogP contribution in [0.2, 0.25) is 0 Å². The molecule has 0 bridgehead atoms. The molecule has 0 atom stereocenters. The van der Waals surface area contributed by atoms with Crippen LogP contribution >= 0.6 is 0 Å². The van der Waals surface area contributed by atoms with Crippen molar-refractivity contribution in [3.63, 3.8) is 0 Å². The highest BCUT2D eigenvalue weighted by Crippen LogP contribution is 2.26. The number of ether oxygens (including phenoxy) is 1. The van der Waals surface area contributed by atoms with E-state index in [2.05, 4.69) is 18.9 Å². The molecule has 0 radical (unpaired) electrons. The fourth-order valence-corrected chi connectivity index (χ4v) is 2.12. The zero-order valence-electron chi connectivity index (χ0n) is 12.0. The minimum Gasteiger partial charge on any atom is -0.494 e. The van der Waals surface area contributed by atoms with E-state index in [0.717, 1.165) is 29.1 Å². The van der Waals surface area contributed by atoms with E-state index in [1.54, 1.807) is 11.8 Å². The first-order valence-electron chi connectivity index (χ1n) is 6.50. The average Bonchev–Trinajstić information content (AvgIpc) is 2.69. The highest BCUT2D eigenvalue weighted by atomic mass is 16.5. The molecular weight excluding hydrogens is 238 g/mol. The number of nitrogens with zero attached hydrogens (tertiary/aromatic N) is 2. The second-order valence-corrected chi connectivity index (χ2v) is 5.25. The molecule has 102 valence electrons. The summed E-state index contributed by atoms with van der Waals surface area (Å²) in [5.41, 5.74) is 9.11. The second kappa shape index (κ2) is 5.34. The Kier molecular flexibility index (Phi) is 3.79. The number of methoxy groups -OCH3 is 1. The summed E-state index contributed by atoms with van der Waals surface area (Å²) in [5.74, 6) is 1.97. The van der Waals surface area contributed by atoms with Gasteiger partial charge >= 0.3 is 0 Å². The van der Waals surface area contributed by atoms with Crippen LogP contribution in [0.15, 0.2) is 24.3 Å². The standard InChI is InChI=1S/C15H21N3O/c1-10(2)7-12-9-15(16)18(17-12)13-8-11(3)5-6-14(13)19-4/h5-6,8-10H,7,16H2,1-4H3. The average molecular weight is 259 g/mol. The maximum Gasteiger partial charge on any atom is 0.144 e. The van der Waals surface area contributed by atoms with Crippen LogP contribution in [0.25, 0.3) is 5.69 Å². The lowest BCUT2D eigenvalue weighted by atomic mass is 10.1. The van der Waals surface area contributed by atoms with Gasteiger partial charge in [-0.15, -0.1) is 0 Å². The van der Waals surface area contributed by atoms with Crippen molar-refractivity contribution < 1.29 is 4.74 Å². The minimum absolute atomic E-state index is 0.558. The van der Waals surface area contributed by atoms with Gasteiger partial charge in [0, 0.05) is 6.07 Å². The Labute approximate surface area is 114 Å². The summed E-state index contributed by atoms with van der Waals surface area (Å²) in [5, 5.41) is 4.58. The monoisotopic (exact) mass is 259 g/mol. The molecule has 0 aliphatic carbocycles. The normalized spacial score (nSPS) is 11.0. The van der Waals surface area contributed by atoms with Crippen molar-refractivity contribution in [3.8, 4) is 11.4 Å². The van der Waals surface area contributed by atoms with Crippen molar-refractivity contribution in [1.82, 2.24) is 9.78 Å². The van der Waals surface area contributed by atoms with Gasteiger partial charge in [-0.3, -0.25) is 0 Å². The number of rotatable bonds is 4. The molecule has 19 heavy (non-hydrogen) atoms. The maximum absolute atomic E-state index is 6.07. The third-order valence-corrected chi connectivity index (χ3v) is 2.97. The van der Waals surface area contributed by atoms with Gasteiger partial charge < -0.3 is 10.5 Å². The summed E-state index contributed by atoms with van der Waals surface area (Å²) in [6.45, 7) is 6.38. The molecule has 0 saturated heterocycles. The van der Waals surface area contributed by atoms with Crippen LogP contribution < -0.4 is 10.5 Å². The van der Waals surface area contributed by atoms with E-state index in [9.17, 15) is 0 Å². The fraction of sp³-hybridized carbons (Fsp3) is 0.400. The zero-order valence-corrected chi connectivity index (χ0v) is 12.0. The van der Waals surface area contributed by atoms with Crippen molar-refractivity contribution >= 4 is 5.82 Å². The molecule has 2 rings (SSSR count). The quantitative estimate of drug-likeness (QED) is 0.918. The summed E-state index contributed by atoms with van der Waals surface area (Å²) >= 11 is 0. The number of hydrogen-bond donors (Lipinski definition) is 1. The number of aromatic nitrogens is 2. The Balaban J connectivity index is 2.46. The lowest BCUT2D eigenvalue weighted by molar-refractivity contribution is 0.411. The van der Waals surface area contributed by atoms with Crippen LogP contribution in [0.3, 0.4) is 0 Å². The predicted octanol–water partition coefficient (Wildman–Crippen LogP) is 2.97. The molecule has 0 unspecified atom stereocenters. The molecule has 1 heterocycles. The lowest BCUT2D eigenvalue weighted by Gasteiger charge is -2.10. The predicted molar refractivity (Wildman–Crippen MR) is 77.8 cm³/mol. The third-order valence-electron chi connectivity index (χ3n) is 2.97. The molecule has 0 spiro atoms. The van der Waals surface area contributed by atoms with Crippen LogP contribution in [-0.4, -0.2) is 16.9 Å². The van der Waals surface area contributed by atoms with E-state index in [1.165, 1.54) is 0 Å². The van der Waals surface area contributed by atoms with Gasteiger partial charge in [0.25, 0.3) is 0 Å². The molecule has 2 aromatic rings. The maximum atomic E-state index is 6.07. The number of nitrogen functional groups attached to an aromatic ring is 1. The number of benzene rings is 1. The Bertz CT molecular complexity index is 573. The van der Waals surface area contributed by atoms with Gasteiger partial charge in [0.15, 0.2) is 0 Å². The Morgan fingerprint density at radius 3 is 2.68 bits per heavy atom. The van der Waals surface area contributed by atoms with Gasteiger partial charge in [0.05, 0.1) is 12.8 Å². The van der Waals surface area contributed by atoms with Crippen molar-refractivity contribution in [1.29, 1.82) is 0 Å². The van der Waals surface area contributed by atoms with Crippen LogP contribution in [0.1, 0.15) is 25.1 Å². The Hall–Kier alpha value is -1.97. The molecule has 0 aliphatic rings. The lowest BCUT2D eigenvalue weighted by Crippen LogP contribution is -2.05. The topological polar surface area (TPSA) is 53.1 Å². The van der Waals surface area contributed by atoms with E-state index in [1.807, 2.05) is 31.2 Å². The zero-order chi connectivity index (χ0) is 14.0. The van der Waals surface area contributed by atoms with E-state index in [0.29, 0.717) is 11.7 Å². The van der Waals surface area contributed by atoms with Gasteiger partial charge in [-0.05, 0) is 37.0 Å². The summed E-state index contributed by atoms with van der Waals surface area (Å²) in [6.07, 6.45) is 0.922. The number of nitrogens with two attached hydrogens (primary N) is 1. The van der Waals surface area contributed by atoms with Gasteiger partial charge in [0.2, 0.25) is 0 Å². The third kappa shape index (κ3) is 2.89. The minimum atomic E-state index is 0.558. The van der Waals surface area contributed by atoms with Gasteiger partial charge in [0.1, 0.15) is 17.3 Å². The van der Waals surface area contributed by atoms with Crippen LogP contribution in [-0.2, 0) is 6.42 Å². The molecule has 0 saturated carbocycles. The Morgan fingerprint density at radius 1 is 1.32 bits per heavy atom. The van der Waals surface area contributed by atoms with E-state index < -0.39 is 0 Å². The second-order valence-electron chi connectivity index (χ2n) is 5.25. The van der Waals surface area contributed by atoms with Crippen LogP contribution in [0.4, 0.5) is 5.82 Å². The fourth-order valence-electron chi connectivity index (χ4n) is 2.12. The van der Waals surface area contributed by atoms with Crippen molar-refractivity contribution in [2.45, 2.75) is 27.2 Å². The number of aryl methyl sites for hydroxylation is 1. The summed E-state index contributed by atoms with van der Waals surface area (Å²) in [7, 11) is 1.66. The molecule has 1 aromatic carbocycles. The van der Waals surface area contributed by atoms with Gasteiger partial charge in [-0.25, -0.2) is 4.68 Å². The molecule has 0 aliphatic heterocycles. The number of hydrogen-bond acceptors (Lipinski definition) is 3. The largest absolute Gasteiger partial charge is 0.494 e. The van der Waals surface area contributed by atoms with Crippen molar-refractivity contribution in [2.75, 3.05) is 12.8 Å². The molecule has 0 amide bonds. The molecule has 4 heteroatoms. The summed E-state index contributed by atoms with van der Waals surface area (Å²) < 4.78 is 7.14. The summed E-state index contributed by atoms with van der Waals surface area (Å²) in [4.78, 5) is 0. The first-order valence-corrected chi connectivity index (χ1v) is 6.50.